The standard InChI is InChI=1S/C10H13ClN2O/c1-13(2)10(14)7-12-9-5-3-8(11)4-6-9/h3-6,12H,7H2,1-2H3. The van der Waals surface area contributed by atoms with E-state index in [2.05, 4.69) is 5.32 Å². The SMILES string of the molecule is CN(C)C(=O)CNc1ccc(Cl)cc1. The van der Waals surface area contributed by atoms with E-state index in [9.17, 15) is 4.79 Å². The van der Waals surface area contributed by atoms with Crippen molar-refractivity contribution in [3.8, 4) is 0 Å². The molecule has 76 valence electrons. The van der Waals surface area contributed by atoms with Crippen molar-refractivity contribution in [1.82, 2.24) is 4.90 Å². The molecule has 0 spiro atoms. The molecular formula is C10H13ClN2O. The first-order valence-electron chi connectivity index (χ1n) is 4.29. The minimum Gasteiger partial charge on any atom is -0.376 e. The number of nitrogens with one attached hydrogen (secondary N) is 1. The third-order valence-corrected chi connectivity index (χ3v) is 2.04. The van der Waals surface area contributed by atoms with Crippen molar-refractivity contribution in [2.24, 2.45) is 0 Å². The maximum atomic E-state index is 11.2. The molecule has 0 aromatic heterocycles. The van der Waals surface area contributed by atoms with Gasteiger partial charge >= 0.3 is 0 Å². The Kier molecular flexibility index (Phi) is 3.77. The number of nitrogens with zero attached hydrogens (tertiary/aromatic N) is 1. The van der Waals surface area contributed by atoms with Crippen molar-refractivity contribution >= 4 is 23.2 Å². The second-order valence-electron chi connectivity index (χ2n) is 3.15. The third kappa shape index (κ3) is 3.26. The molecule has 4 heteroatoms. The van der Waals surface area contributed by atoms with Gasteiger partial charge in [0.05, 0.1) is 6.54 Å². The lowest BCUT2D eigenvalue weighted by molar-refractivity contribution is -0.126. The Balaban J connectivity index is 2.46. The molecule has 0 saturated carbocycles. The van der Waals surface area contributed by atoms with Gasteiger partial charge in [0.25, 0.3) is 0 Å². The summed E-state index contributed by atoms with van der Waals surface area (Å²) in [6.45, 7) is 0.300. The largest absolute Gasteiger partial charge is 0.376 e. The maximum Gasteiger partial charge on any atom is 0.241 e. The third-order valence-electron chi connectivity index (χ3n) is 1.79. The second-order valence-corrected chi connectivity index (χ2v) is 3.59. The summed E-state index contributed by atoms with van der Waals surface area (Å²) in [5.74, 6) is 0.0416. The molecule has 1 N–H and O–H groups in total. The maximum absolute atomic E-state index is 11.2. The van der Waals surface area contributed by atoms with E-state index in [-0.39, 0.29) is 5.91 Å². The van der Waals surface area contributed by atoms with Crippen LogP contribution in [0.3, 0.4) is 0 Å². The van der Waals surface area contributed by atoms with E-state index in [4.69, 9.17) is 11.6 Å². The molecule has 0 heterocycles. The van der Waals surface area contributed by atoms with E-state index in [1.807, 2.05) is 12.1 Å². The van der Waals surface area contributed by atoms with Gasteiger partial charge in [-0.25, -0.2) is 0 Å². The Labute approximate surface area is 88.7 Å². The van der Waals surface area contributed by atoms with E-state index in [1.54, 1.807) is 31.1 Å². The van der Waals surface area contributed by atoms with Crippen LogP contribution < -0.4 is 5.32 Å². The zero-order valence-corrected chi connectivity index (χ0v) is 9.01. The van der Waals surface area contributed by atoms with Crippen molar-refractivity contribution < 1.29 is 4.79 Å². The summed E-state index contributed by atoms with van der Waals surface area (Å²) in [7, 11) is 3.46. The number of anilines is 1. The minimum atomic E-state index is 0.0416. The smallest absolute Gasteiger partial charge is 0.241 e. The molecule has 0 unspecified atom stereocenters. The molecule has 1 rings (SSSR count). The van der Waals surface area contributed by atoms with E-state index in [1.165, 1.54) is 0 Å². The number of amides is 1. The fourth-order valence-corrected chi connectivity index (χ4v) is 1.03. The lowest BCUT2D eigenvalue weighted by atomic mass is 10.3. The van der Waals surface area contributed by atoms with Gasteiger partial charge in [-0.05, 0) is 24.3 Å². The quantitative estimate of drug-likeness (QED) is 0.830. The van der Waals surface area contributed by atoms with E-state index >= 15 is 0 Å². The molecule has 1 aromatic rings. The molecule has 0 fully saturated rings. The monoisotopic (exact) mass is 212 g/mol. The normalized spacial score (nSPS) is 9.64. The molecule has 0 aliphatic rings. The Morgan fingerprint density at radius 1 is 1.36 bits per heavy atom. The van der Waals surface area contributed by atoms with Gasteiger partial charge in [0.15, 0.2) is 0 Å². The van der Waals surface area contributed by atoms with Gasteiger partial charge < -0.3 is 10.2 Å². The molecule has 0 bridgehead atoms. The van der Waals surface area contributed by atoms with Crippen LogP contribution in [0.1, 0.15) is 0 Å². The predicted octanol–water partition coefficient (Wildman–Crippen LogP) is 1.84. The van der Waals surface area contributed by atoms with Crippen molar-refractivity contribution in [3.63, 3.8) is 0 Å². The van der Waals surface area contributed by atoms with Crippen LogP contribution >= 0.6 is 11.6 Å². The Morgan fingerprint density at radius 3 is 2.43 bits per heavy atom. The number of halogens is 1. The predicted molar refractivity (Wildman–Crippen MR) is 58.6 cm³/mol. The van der Waals surface area contributed by atoms with Crippen LogP contribution in [0.5, 0.6) is 0 Å². The second kappa shape index (κ2) is 4.86. The lowest BCUT2D eigenvalue weighted by Crippen LogP contribution is -2.28. The molecule has 14 heavy (non-hydrogen) atoms. The van der Waals surface area contributed by atoms with Crippen molar-refractivity contribution in [2.75, 3.05) is 26.0 Å². The van der Waals surface area contributed by atoms with Gasteiger partial charge in [-0.3, -0.25) is 4.79 Å². The molecule has 0 aliphatic heterocycles. The van der Waals surface area contributed by atoms with Crippen LogP contribution in [0.4, 0.5) is 5.69 Å². The van der Waals surface area contributed by atoms with Crippen LogP contribution in [0.25, 0.3) is 0 Å². The van der Waals surface area contributed by atoms with Crippen LogP contribution in [-0.2, 0) is 4.79 Å². The Hall–Kier alpha value is -1.22. The molecule has 0 aliphatic carbocycles. The Morgan fingerprint density at radius 2 is 1.93 bits per heavy atom. The van der Waals surface area contributed by atoms with Crippen molar-refractivity contribution in [3.05, 3.63) is 29.3 Å². The Bertz CT molecular complexity index is 308. The number of hydrogen-bond acceptors (Lipinski definition) is 2. The van der Waals surface area contributed by atoms with Gasteiger partial charge in [-0.2, -0.15) is 0 Å². The minimum absolute atomic E-state index is 0.0416. The number of carbonyl (C=O) groups is 1. The molecule has 1 aromatic carbocycles. The molecule has 0 atom stereocenters. The number of benzene rings is 1. The van der Waals surface area contributed by atoms with Gasteiger partial charge in [-0.1, -0.05) is 11.6 Å². The van der Waals surface area contributed by atoms with Gasteiger partial charge in [0.2, 0.25) is 5.91 Å². The molecule has 0 radical (unpaired) electrons. The summed E-state index contributed by atoms with van der Waals surface area (Å²) in [6.07, 6.45) is 0. The van der Waals surface area contributed by atoms with Gasteiger partial charge in [-0.15, -0.1) is 0 Å². The van der Waals surface area contributed by atoms with Crippen LogP contribution in [0.2, 0.25) is 5.02 Å². The highest BCUT2D eigenvalue weighted by molar-refractivity contribution is 6.30. The number of likely N-dealkylation sites (N-methyl/N-ethyl adjacent to an activating group) is 1. The zero-order valence-electron chi connectivity index (χ0n) is 8.25. The van der Waals surface area contributed by atoms with Gasteiger partial charge in [0, 0.05) is 24.8 Å². The van der Waals surface area contributed by atoms with Crippen LogP contribution in [0.15, 0.2) is 24.3 Å². The first-order valence-corrected chi connectivity index (χ1v) is 4.67. The fourth-order valence-electron chi connectivity index (χ4n) is 0.904. The summed E-state index contributed by atoms with van der Waals surface area (Å²) < 4.78 is 0. The van der Waals surface area contributed by atoms with Gasteiger partial charge in [0.1, 0.15) is 0 Å². The van der Waals surface area contributed by atoms with Crippen molar-refractivity contribution in [2.45, 2.75) is 0 Å². The first-order chi connectivity index (χ1) is 6.59. The summed E-state index contributed by atoms with van der Waals surface area (Å²) in [4.78, 5) is 12.8. The highest BCUT2D eigenvalue weighted by atomic mass is 35.5. The summed E-state index contributed by atoms with van der Waals surface area (Å²) >= 11 is 5.72. The van der Waals surface area contributed by atoms with E-state index in [0.29, 0.717) is 11.6 Å². The number of hydrogen-bond donors (Lipinski definition) is 1. The summed E-state index contributed by atoms with van der Waals surface area (Å²) in [5, 5.41) is 3.69. The highest BCUT2D eigenvalue weighted by Crippen LogP contribution is 2.12. The zero-order chi connectivity index (χ0) is 10.6. The lowest BCUT2D eigenvalue weighted by Gasteiger charge is -2.11. The van der Waals surface area contributed by atoms with Crippen molar-refractivity contribution in [1.29, 1.82) is 0 Å². The average molecular weight is 213 g/mol. The molecule has 3 nitrogen and oxygen atoms in total. The molecular weight excluding hydrogens is 200 g/mol. The number of rotatable bonds is 3. The summed E-state index contributed by atoms with van der Waals surface area (Å²) in [6, 6.07) is 7.24. The van der Waals surface area contributed by atoms with E-state index in [0.717, 1.165) is 5.69 Å². The first kappa shape index (κ1) is 10.9. The van der Waals surface area contributed by atoms with Crippen LogP contribution in [0, 0.1) is 0 Å². The average Bonchev–Trinajstić information content (AvgIpc) is 2.16. The van der Waals surface area contributed by atoms with E-state index < -0.39 is 0 Å². The highest BCUT2D eigenvalue weighted by Gasteiger charge is 2.02. The van der Waals surface area contributed by atoms with Crippen LogP contribution in [-0.4, -0.2) is 31.4 Å². The number of carbonyl (C=O) groups excluding carboxylic acids is 1. The fraction of sp³-hybridized carbons (Fsp3) is 0.300. The molecule has 0 saturated heterocycles. The topological polar surface area (TPSA) is 32.3 Å². The summed E-state index contributed by atoms with van der Waals surface area (Å²) in [5.41, 5.74) is 0.893. The molecule has 1 amide bonds.